The van der Waals surface area contributed by atoms with Gasteiger partial charge < -0.3 is 25.5 Å². The van der Waals surface area contributed by atoms with Crippen LogP contribution in [0.4, 0.5) is 4.79 Å². The van der Waals surface area contributed by atoms with Crippen molar-refractivity contribution in [3.8, 4) is 5.75 Å². The van der Waals surface area contributed by atoms with Crippen LogP contribution in [0.15, 0.2) is 41.2 Å². The third-order valence-electron chi connectivity index (χ3n) is 3.86. The second-order valence-electron chi connectivity index (χ2n) is 7.49. The van der Waals surface area contributed by atoms with Crippen LogP contribution < -0.4 is 21.2 Å². The summed E-state index contributed by atoms with van der Waals surface area (Å²) in [6.45, 7) is 7.18. The second-order valence-corrected chi connectivity index (χ2v) is 7.87. The van der Waals surface area contributed by atoms with Gasteiger partial charge in [0.05, 0.1) is 24.0 Å². The zero-order chi connectivity index (χ0) is 21.8. The van der Waals surface area contributed by atoms with Gasteiger partial charge in [-0.15, -0.1) is 0 Å². The number of ether oxygens (including phenoxy) is 2. The van der Waals surface area contributed by atoms with Gasteiger partial charge in [-0.2, -0.15) is 0 Å². The van der Waals surface area contributed by atoms with Gasteiger partial charge in [-0.25, -0.2) is 4.79 Å². The minimum Gasteiger partial charge on any atom is -0.495 e. The van der Waals surface area contributed by atoms with E-state index in [1.54, 1.807) is 58.1 Å². The number of aromatic amines is 1. The number of alkyl carbamates (subject to hydrolysis) is 1. The number of aromatic nitrogens is 1. The first kappa shape index (κ1) is 22.4. The lowest BCUT2D eigenvalue weighted by atomic mass is 10.1. The number of amides is 1. The molecule has 29 heavy (non-hydrogen) atoms. The van der Waals surface area contributed by atoms with Gasteiger partial charge in [0.1, 0.15) is 16.4 Å². The smallest absolute Gasteiger partial charge is 0.408 e. The van der Waals surface area contributed by atoms with E-state index in [-0.39, 0.29) is 11.5 Å². The van der Waals surface area contributed by atoms with Gasteiger partial charge in [-0.3, -0.25) is 4.79 Å². The molecule has 0 spiro atoms. The van der Waals surface area contributed by atoms with Crippen LogP contribution >= 0.6 is 11.6 Å². The number of pyridine rings is 1. The first-order valence-corrected chi connectivity index (χ1v) is 9.43. The SMILES string of the molecule is COc1ccc2c(=O)cc(/C(N)=C/C=C\C(C)NC(=O)OC(C)(C)C)[nH]c2c1Cl. The zero-order valence-corrected chi connectivity index (χ0v) is 17.9. The molecule has 0 aliphatic heterocycles. The van der Waals surface area contributed by atoms with E-state index in [1.807, 2.05) is 0 Å². The molecule has 1 heterocycles. The summed E-state index contributed by atoms with van der Waals surface area (Å²) < 4.78 is 10.4. The van der Waals surface area contributed by atoms with Crippen LogP contribution in [-0.2, 0) is 4.74 Å². The number of hydrogen-bond acceptors (Lipinski definition) is 5. The Kier molecular flexibility index (Phi) is 6.97. The number of carbonyl (C=O) groups is 1. The van der Waals surface area contributed by atoms with Crippen LogP contribution in [0.2, 0.25) is 5.02 Å². The summed E-state index contributed by atoms with van der Waals surface area (Å²) in [7, 11) is 1.50. The summed E-state index contributed by atoms with van der Waals surface area (Å²) in [6, 6.07) is 4.42. The molecule has 1 atom stereocenters. The number of benzene rings is 1. The number of rotatable bonds is 5. The third-order valence-corrected chi connectivity index (χ3v) is 4.23. The molecule has 4 N–H and O–H groups in total. The van der Waals surface area contributed by atoms with Crippen LogP contribution in [0.1, 0.15) is 33.4 Å². The van der Waals surface area contributed by atoms with Crippen LogP contribution in [0.3, 0.4) is 0 Å². The van der Waals surface area contributed by atoms with Crippen molar-refractivity contribution in [1.29, 1.82) is 0 Å². The molecule has 0 aliphatic carbocycles. The molecular formula is C21H26ClN3O4. The molecule has 1 aromatic carbocycles. The molecular weight excluding hydrogens is 394 g/mol. The van der Waals surface area contributed by atoms with E-state index < -0.39 is 11.7 Å². The molecule has 0 bridgehead atoms. The minimum atomic E-state index is -0.566. The Morgan fingerprint density at radius 2 is 2.03 bits per heavy atom. The zero-order valence-electron chi connectivity index (χ0n) is 17.1. The maximum absolute atomic E-state index is 12.4. The number of allylic oxidation sites excluding steroid dienone is 2. The van der Waals surface area contributed by atoms with Gasteiger partial charge >= 0.3 is 6.09 Å². The largest absolute Gasteiger partial charge is 0.495 e. The number of carbonyl (C=O) groups excluding carboxylic acids is 1. The second kappa shape index (κ2) is 9.05. The number of nitrogens with two attached hydrogens (primary N) is 1. The lowest BCUT2D eigenvalue weighted by Crippen LogP contribution is -2.36. The Morgan fingerprint density at radius 3 is 2.66 bits per heavy atom. The molecule has 0 saturated carbocycles. The van der Waals surface area contributed by atoms with Crippen LogP contribution in [-0.4, -0.2) is 29.8 Å². The molecule has 7 nitrogen and oxygen atoms in total. The van der Waals surface area contributed by atoms with E-state index in [0.717, 1.165) is 0 Å². The van der Waals surface area contributed by atoms with Crippen molar-refractivity contribution >= 4 is 34.3 Å². The molecule has 1 unspecified atom stereocenters. The number of methoxy groups -OCH3 is 1. The summed E-state index contributed by atoms with van der Waals surface area (Å²) in [4.78, 5) is 27.2. The Labute approximate surface area is 174 Å². The minimum absolute atomic E-state index is 0.210. The lowest BCUT2D eigenvalue weighted by molar-refractivity contribution is 0.0518. The van der Waals surface area contributed by atoms with Crippen LogP contribution in [0.25, 0.3) is 16.6 Å². The number of hydrogen-bond donors (Lipinski definition) is 3. The number of H-pyrrole nitrogens is 1. The highest BCUT2D eigenvalue weighted by Crippen LogP contribution is 2.30. The van der Waals surface area contributed by atoms with Crippen molar-refractivity contribution < 1.29 is 14.3 Å². The van der Waals surface area contributed by atoms with Gasteiger partial charge in [0.25, 0.3) is 0 Å². The summed E-state index contributed by atoms with van der Waals surface area (Å²) in [5.74, 6) is 0.455. The Hall–Kier alpha value is -2.93. The number of fused-ring (bicyclic) bond motifs is 1. The number of halogens is 1. The van der Waals surface area contributed by atoms with Crippen molar-refractivity contribution in [3.63, 3.8) is 0 Å². The molecule has 2 aromatic rings. The van der Waals surface area contributed by atoms with Crippen molar-refractivity contribution in [2.45, 2.75) is 39.3 Å². The molecule has 8 heteroatoms. The van der Waals surface area contributed by atoms with E-state index >= 15 is 0 Å². The van der Waals surface area contributed by atoms with Gasteiger partial charge in [0, 0.05) is 17.5 Å². The summed E-state index contributed by atoms with van der Waals surface area (Å²) >= 11 is 6.31. The standard InChI is InChI=1S/C21H26ClN3O4/c1-12(24-20(27)29-21(2,3)4)7-6-8-14(23)15-11-16(26)13-9-10-17(28-5)18(22)19(13)25-15/h6-12H,23H2,1-5H3,(H,24,27)(H,25,26)/b7-6-,14-8-. The van der Waals surface area contributed by atoms with Gasteiger partial charge in [-0.1, -0.05) is 23.8 Å². The van der Waals surface area contributed by atoms with Gasteiger partial charge in [0.2, 0.25) is 0 Å². The highest BCUT2D eigenvalue weighted by Gasteiger charge is 2.16. The quantitative estimate of drug-likeness (QED) is 0.636. The Bertz CT molecular complexity index is 1020. The summed E-state index contributed by atoms with van der Waals surface area (Å²) in [5.41, 5.74) is 6.54. The summed E-state index contributed by atoms with van der Waals surface area (Å²) in [5, 5.41) is 3.45. The van der Waals surface area contributed by atoms with E-state index in [4.69, 9.17) is 26.8 Å². The predicted molar refractivity (Wildman–Crippen MR) is 116 cm³/mol. The molecule has 0 saturated heterocycles. The van der Waals surface area contributed by atoms with Crippen molar-refractivity contribution in [1.82, 2.24) is 10.3 Å². The Balaban J connectivity index is 2.20. The maximum Gasteiger partial charge on any atom is 0.408 e. The van der Waals surface area contributed by atoms with E-state index in [0.29, 0.717) is 33.1 Å². The predicted octanol–water partition coefficient (Wildman–Crippen LogP) is 3.96. The molecule has 156 valence electrons. The first-order chi connectivity index (χ1) is 13.5. The molecule has 0 fully saturated rings. The van der Waals surface area contributed by atoms with Crippen LogP contribution in [0.5, 0.6) is 5.75 Å². The van der Waals surface area contributed by atoms with Crippen molar-refractivity contribution in [2.24, 2.45) is 5.73 Å². The van der Waals surface area contributed by atoms with E-state index in [2.05, 4.69) is 10.3 Å². The first-order valence-electron chi connectivity index (χ1n) is 9.05. The fourth-order valence-corrected chi connectivity index (χ4v) is 2.82. The highest BCUT2D eigenvalue weighted by atomic mass is 35.5. The fourth-order valence-electron chi connectivity index (χ4n) is 2.53. The monoisotopic (exact) mass is 419 g/mol. The highest BCUT2D eigenvalue weighted by molar-refractivity contribution is 6.36. The molecule has 0 radical (unpaired) electrons. The van der Waals surface area contributed by atoms with E-state index in [1.165, 1.54) is 13.2 Å². The van der Waals surface area contributed by atoms with Crippen molar-refractivity contribution in [2.75, 3.05) is 7.11 Å². The average Bonchev–Trinajstić information content (AvgIpc) is 2.60. The van der Waals surface area contributed by atoms with Crippen LogP contribution in [0, 0.1) is 0 Å². The van der Waals surface area contributed by atoms with Gasteiger partial charge in [-0.05, 0) is 45.9 Å². The molecule has 1 amide bonds. The van der Waals surface area contributed by atoms with Gasteiger partial charge in [0.15, 0.2) is 5.43 Å². The van der Waals surface area contributed by atoms with E-state index in [9.17, 15) is 9.59 Å². The molecule has 1 aromatic heterocycles. The summed E-state index contributed by atoms with van der Waals surface area (Å²) in [6.07, 6.45) is 4.55. The molecule has 0 aliphatic rings. The normalized spacial score (nSPS) is 13.5. The molecule has 2 rings (SSSR count). The van der Waals surface area contributed by atoms with Crippen molar-refractivity contribution in [3.05, 3.63) is 57.4 Å². The maximum atomic E-state index is 12.4. The lowest BCUT2D eigenvalue weighted by Gasteiger charge is -2.20. The third kappa shape index (κ3) is 6.02. The fraction of sp³-hybridized carbons (Fsp3) is 0.333. The Morgan fingerprint density at radius 1 is 1.34 bits per heavy atom. The topological polar surface area (TPSA) is 106 Å². The average molecular weight is 420 g/mol. The number of nitrogens with one attached hydrogen (secondary N) is 2.